The van der Waals surface area contributed by atoms with Crippen LogP contribution in [0.1, 0.15) is 32.3 Å². The maximum Gasteiger partial charge on any atom is 0.0657 e. The second kappa shape index (κ2) is 3.28. The SMILES string of the molecule is C[C@@H](c1ccccc1)C(C)(C)O. The molecule has 1 rings (SSSR count). The maximum absolute atomic E-state index is 9.74. The van der Waals surface area contributed by atoms with Gasteiger partial charge in [-0.15, -0.1) is 0 Å². The average Bonchev–Trinajstić information content (AvgIpc) is 2.03. The number of hydrogen-bond acceptors (Lipinski definition) is 1. The molecule has 1 aromatic carbocycles. The largest absolute Gasteiger partial charge is 0.390 e. The lowest BCUT2D eigenvalue weighted by Gasteiger charge is -2.26. The summed E-state index contributed by atoms with van der Waals surface area (Å²) in [4.78, 5) is 0. The summed E-state index contributed by atoms with van der Waals surface area (Å²) in [6.07, 6.45) is 0. The van der Waals surface area contributed by atoms with Crippen molar-refractivity contribution in [1.82, 2.24) is 0 Å². The maximum atomic E-state index is 9.74. The van der Waals surface area contributed by atoms with Gasteiger partial charge >= 0.3 is 0 Å². The first-order valence-corrected chi connectivity index (χ1v) is 4.29. The average molecular weight is 164 g/mol. The van der Waals surface area contributed by atoms with Crippen LogP contribution in [0.2, 0.25) is 0 Å². The highest BCUT2D eigenvalue weighted by molar-refractivity contribution is 5.21. The van der Waals surface area contributed by atoms with E-state index in [0.717, 1.165) is 0 Å². The third-order valence-electron chi connectivity index (χ3n) is 2.36. The minimum absolute atomic E-state index is 0.179. The molecule has 0 heterocycles. The summed E-state index contributed by atoms with van der Waals surface area (Å²) < 4.78 is 0. The predicted octanol–water partition coefficient (Wildman–Crippen LogP) is 2.56. The lowest BCUT2D eigenvalue weighted by Crippen LogP contribution is -2.26. The quantitative estimate of drug-likeness (QED) is 0.712. The van der Waals surface area contributed by atoms with Crippen LogP contribution in [0.4, 0.5) is 0 Å². The van der Waals surface area contributed by atoms with Gasteiger partial charge in [0.25, 0.3) is 0 Å². The van der Waals surface area contributed by atoms with Crippen LogP contribution in [0.5, 0.6) is 0 Å². The predicted molar refractivity (Wildman–Crippen MR) is 51.2 cm³/mol. The standard InChI is InChI=1S/C11H16O/c1-9(11(2,3)12)10-7-5-4-6-8-10/h4-9,12H,1-3H3/t9-/m0/s1. The van der Waals surface area contributed by atoms with Crippen molar-refractivity contribution in [2.75, 3.05) is 0 Å². The van der Waals surface area contributed by atoms with Crippen molar-refractivity contribution < 1.29 is 5.11 Å². The van der Waals surface area contributed by atoms with E-state index in [2.05, 4.69) is 0 Å². The Morgan fingerprint density at radius 3 is 2.08 bits per heavy atom. The van der Waals surface area contributed by atoms with Gasteiger partial charge in [-0.05, 0) is 19.4 Å². The normalized spacial score (nSPS) is 14.3. The first-order valence-electron chi connectivity index (χ1n) is 4.29. The van der Waals surface area contributed by atoms with Crippen LogP contribution in [-0.4, -0.2) is 10.7 Å². The summed E-state index contributed by atoms with van der Waals surface area (Å²) in [5, 5.41) is 9.74. The Kier molecular flexibility index (Phi) is 2.53. The summed E-state index contributed by atoms with van der Waals surface area (Å²) >= 11 is 0. The highest BCUT2D eigenvalue weighted by atomic mass is 16.3. The fraction of sp³-hybridized carbons (Fsp3) is 0.455. The van der Waals surface area contributed by atoms with Crippen molar-refractivity contribution in [1.29, 1.82) is 0 Å². The zero-order valence-corrected chi connectivity index (χ0v) is 7.91. The molecule has 1 atom stereocenters. The van der Waals surface area contributed by atoms with E-state index in [9.17, 15) is 5.11 Å². The molecule has 1 nitrogen and oxygen atoms in total. The first kappa shape index (κ1) is 9.27. The molecule has 0 amide bonds. The molecule has 0 aliphatic carbocycles. The van der Waals surface area contributed by atoms with Gasteiger partial charge in [-0.2, -0.15) is 0 Å². The summed E-state index contributed by atoms with van der Waals surface area (Å²) in [7, 11) is 0. The molecule has 0 unspecified atom stereocenters. The van der Waals surface area contributed by atoms with Gasteiger partial charge in [-0.1, -0.05) is 37.3 Å². The van der Waals surface area contributed by atoms with Crippen LogP contribution in [0.15, 0.2) is 30.3 Å². The molecule has 0 saturated heterocycles. The van der Waals surface area contributed by atoms with E-state index in [-0.39, 0.29) is 5.92 Å². The molecule has 0 spiro atoms. The van der Waals surface area contributed by atoms with Crippen molar-refractivity contribution in [3.63, 3.8) is 0 Å². The Hall–Kier alpha value is -0.820. The molecule has 1 heteroatoms. The first-order chi connectivity index (χ1) is 5.52. The highest BCUT2D eigenvalue weighted by Gasteiger charge is 2.23. The third kappa shape index (κ3) is 2.08. The van der Waals surface area contributed by atoms with Crippen molar-refractivity contribution in [2.45, 2.75) is 32.3 Å². The lowest BCUT2D eigenvalue weighted by molar-refractivity contribution is 0.0559. The van der Waals surface area contributed by atoms with Gasteiger partial charge < -0.3 is 5.11 Å². The van der Waals surface area contributed by atoms with Crippen molar-refractivity contribution >= 4 is 0 Å². The van der Waals surface area contributed by atoms with Crippen LogP contribution in [0.25, 0.3) is 0 Å². The third-order valence-corrected chi connectivity index (χ3v) is 2.36. The fourth-order valence-electron chi connectivity index (χ4n) is 1.15. The van der Waals surface area contributed by atoms with Crippen molar-refractivity contribution in [3.05, 3.63) is 35.9 Å². The molecule has 12 heavy (non-hydrogen) atoms. The molecular weight excluding hydrogens is 148 g/mol. The van der Waals surface area contributed by atoms with E-state index in [1.807, 2.05) is 51.1 Å². The summed E-state index contributed by atoms with van der Waals surface area (Å²) in [6.45, 7) is 5.71. The molecule has 0 bridgehead atoms. The molecule has 0 radical (unpaired) electrons. The van der Waals surface area contributed by atoms with Gasteiger partial charge in [0.1, 0.15) is 0 Å². The minimum Gasteiger partial charge on any atom is -0.390 e. The van der Waals surface area contributed by atoms with Crippen LogP contribution >= 0.6 is 0 Å². The molecule has 0 aromatic heterocycles. The smallest absolute Gasteiger partial charge is 0.0657 e. The Balaban J connectivity index is 2.86. The molecule has 66 valence electrons. The number of benzene rings is 1. The second-order valence-corrected chi connectivity index (χ2v) is 3.79. The van der Waals surface area contributed by atoms with Crippen LogP contribution in [0.3, 0.4) is 0 Å². The summed E-state index contributed by atoms with van der Waals surface area (Å²) in [5.74, 6) is 0.179. The minimum atomic E-state index is -0.638. The molecule has 0 saturated carbocycles. The number of hydrogen-bond donors (Lipinski definition) is 1. The number of aliphatic hydroxyl groups is 1. The van der Waals surface area contributed by atoms with E-state index >= 15 is 0 Å². The molecule has 1 aromatic rings. The highest BCUT2D eigenvalue weighted by Crippen LogP contribution is 2.26. The van der Waals surface area contributed by atoms with Crippen LogP contribution in [0, 0.1) is 0 Å². The van der Waals surface area contributed by atoms with Crippen molar-refractivity contribution in [2.24, 2.45) is 0 Å². The van der Waals surface area contributed by atoms with Gasteiger partial charge in [0, 0.05) is 5.92 Å². The molecule has 1 N–H and O–H groups in total. The van der Waals surface area contributed by atoms with Crippen molar-refractivity contribution in [3.8, 4) is 0 Å². The van der Waals surface area contributed by atoms with Gasteiger partial charge in [0.2, 0.25) is 0 Å². The Morgan fingerprint density at radius 1 is 1.17 bits per heavy atom. The zero-order chi connectivity index (χ0) is 9.19. The van der Waals surface area contributed by atoms with Gasteiger partial charge in [0.05, 0.1) is 5.60 Å². The molecule has 0 fully saturated rings. The van der Waals surface area contributed by atoms with Gasteiger partial charge in [0.15, 0.2) is 0 Å². The van der Waals surface area contributed by atoms with Gasteiger partial charge in [-0.25, -0.2) is 0 Å². The Bertz CT molecular complexity index is 233. The lowest BCUT2D eigenvalue weighted by atomic mass is 9.87. The van der Waals surface area contributed by atoms with Gasteiger partial charge in [-0.3, -0.25) is 0 Å². The molecule has 0 aliphatic rings. The van der Waals surface area contributed by atoms with Crippen LogP contribution < -0.4 is 0 Å². The van der Waals surface area contributed by atoms with E-state index in [0.29, 0.717) is 0 Å². The topological polar surface area (TPSA) is 20.2 Å². The Labute approximate surface area is 74.1 Å². The number of rotatable bonds is 2. The zero-order valence-electron chi connectivity index (χ0n) is 7.91. The molecule has 0 aliphatic heterocycles. The van der Waals surface area contributed by atoms with E-state index in [4.69, 9.17) is 0 Å². The van der Waals surface area contributed by atoms with E-state index in [1.165, 1.54) is 5.56 Å². The Morgan fingerprint density at radius 2 is 1.67 bits per heavy atom. The summed E-state index contributed by atoms with van der Waals surface area (Å²) in [6, 6.07) is 10.1. The van der Waals surface area contributed by atoms with E-state index < -0.39 is 5.60 Å². The van der Waals surface area contributed by atoms with E-state index in [1.54, 1.807) is 0 Å². The fourth-order valence-corrected chi connectivity index (χ4v) is 1.15. The second-order valence-electron chi connectivity index (χ2n) is 3.79. The monoisotopic (exact) mass is 164 g/mol. The van der Waals surface area contributed by atoms with Crippen LogP contribution in [-0.2, 0) is 0 Å². The molecular formula is C11H16O. The summed E-state index contributed by atoms with van der Waals surface area (Å²) in [5.41, 5.74) is 0.548.